The van der Waals surface area contributed by atoms with Crippen LogP contribution in [0.5, 0.6) is 0 Å². The number of benzene rings is 2. The second kappa shape index (κ2) is 9.98. The number of primary amides is 1. The Morgan fingerprint density at radius 1 is 1.00 bits per heavy atom. The summed E-state index contributed by atoms with van der Waals surface area (Å²) in [5.41, 5.74) is 6.92. The lowest BCUT2D eigenvalue weighted by Crippen LogP contribution is -2.54. The van der Waals surface area contributed by atoms with Gasteiger partial charge in [0.2, 0.25) is 17.7 Å². The predicted molar refractivity (Wildman–Crippen MR) is 107 cm³/mol. The van der Waals surface area contributed by atoms with Gasteiger partial charge in [0.15, 0.2) is 0 Å². The molecule has 0 radical (unpaired) electrons. The van der Waals surface area contributed by atoms with Gasteiger partial charge in [-0.05, 0) is 35.4 Å². The van der Waals surface area contributed by atoms with E-state index in [1.54, 1.807) is 0 Å². The largest absolute Gasteiger partial charge is 0.368 e. The molecule has 4 N–H and O–H groups in total. The summed E-state index contributed by atoms with van der Waals surface area (Å²) in [5.74, 6) is -2.02. The third kappa shape index (κ3) is 6.77. The number of hydrogen-bond donors (Lipinski definition) is 3. The van der Waals surface area contributed by atoms with E-state index < -0.39 is 35.6 Å². The Morgan fingerprint density at radius 2 is 1.64 bits per heavy atom. The quantitative estimate of drug-likeness (QED) is 0.572. The molecule has 2 rings (SSSR count). The Balaban J connectivity index is 2.12. The van der Waals surface area contributed by atoms with Gasteiger partial charge in [-0.3, -0.25) is 14.4 Å². The maximum absolute atomic E-state index is 13.1. The Bertz CT molecular complexity index is 858. The van der Waals surface area contributed by atoms with Crippen LogP contribution in [0.2, 0.25) is 0 Å². The zero-order chi connectivity index (χ0) is 20.7. The second-order valence-corrected chi connectivity index (χ2v) is 7.30. The SMILES string of the molecule is CC(=O)N[C@H](Cc1ccc(F)cc1)C(=O)N[C@@H](Cc1cccc(Br)c1)C(N)=O. The fourth-order valence-corrected chi connectivity index (χ4v) is 3.15. The molecule has 0 spiro atoms. The maximum atomic E-state index is 13.1. The lowest BCUT2D eigenvalue weighted by molar-refractivity contribution is -0.130. The Labute approximate surface area is 170 Å². The van der Waals surface area contributed by atoms with Crippen LogP contribution in [0.15, 0.2) is 53.0 Å². The summed E-state index contributed by atoms with van der Waals surface area (Å²) in [4.78, 5) is 36.0. The summed E-state index contributed by atoms with van der Waals surface area (Å²) >= 11 is 3.35. The molecule has 0 aliphatic carbocycles. The monoisotopic (exact) mass is 449 g/mol. The van der Waals surface area contributed by atoms with Crippen LogP contribution in [0.1, 0.15) is 18.1 Å². The zero-order valence-corrected chi connectivity index (χ0v) is 16.8. The summed E-state index contributed by atoms with van der Waals surface area (Å²) in [6.07, 6.45) is 0.359. The smallest absolute Gasteiger partial charge is 0.243 e. The predicted octanol–water partition coefficient (Wildman–Crippen LogP) is 1.85. The number of amides is 3. The molecular formula is C20H21BrFN3O3. The lowest BCUT2D eigenvalue weighted by Gasteiger charge is -2.22. The summed E-state index contributed by atoms with van der Waals surface area (Å²) < 4.78 is 13.9. The van der Waals surface area contributed by atoms with Crippen molar-refractivity contribution < 1.29 is 18.8 Å². The van der Waals surface area contributed by atoms with Crippen molar-refractivity contribution >= 4 is 33.7 Å². The van der Waals surface area contributed by atoms with Crippen LogP contribution in [0.3, 0.4) is 0 Å². The van der Waals surface area contributed by atoms with E-state index in [2.05, 4.69) is 26.6 Å². The molecule has 0 unspecified atom stereocenters. The molecule has 0 aliphatic heterocycles. The highest BCUT2D eigenvalue weighted by atomic mass is 79.9. The van der Waals surface area contributed by atoms with E-state index in [4.69, 9.17) is 5.73 Å². The molecule has 3 amide bonds. The molecule has 28 heavy (non-hydrogen) atoms. The first-order valence-electron chi connectivity index (χ1n) is 8.60. The molecule has 0 aliphatic rings. The van der Waals surface area contributed by atoms with Crippen molar-refractivity contribution in [2.75, 3.05) is 0 Å². The van der Waals surface area contributed by atoms with E-state index in [1.807, 2.05) is 24.3 Å². The van der Waals surface area contributed by atoms with Gasteiger partial charge >= 0.3 is 0 Å². The summed E-state index contributed by atoms with van der Waals surface area (Å²) in [7, 11) is 0. The van der Waals surface area contributed by atoms with Crippen molar-refractivity contribution in [2.24, 2.45) is 5.73 Å². The molecule has 148 valence electrons. The van der Waals surface area contributed by atoms with Gasteiger partial charge in [0.25, 0.3) is 0 Å². The number of nitrogens with two attached hydrogens (primary N) is 1. The van der Waals surface area contributed by atoms with Gasteiger partial charge in [0, 0.05) is 24.2 Å². The van der Waals surface area contributed by atoms with Crippen LogP contribution in [0, 0.1) is 5.82 Å². The van der Waals surface area contributed by atoms with E-state index in [1.165, 1.54) is 31.2 Å². The van der Waals surface area contributed by atoms with Gasteiger partial charge in [-0.2, -0.15) is 0 Å². The van der Waals surface area contributed by atoms with Crippen LogP contribution in [-0.2, 0) is 27.2 Å². The van der Waals surface area contributed by atoms with Crippen molar-refractivity contribution in [3.05, 3.63) is 69.9 Å². The molecule has 0 heterocycles. The molecule has 0 saturated carbocycles. The number of hydrogen-bond acceptors (Lipinski definition) is 3. The molecule has 2 aromatic carbocycles. The Hall–Kier alpha value is -2.74. The molecular weight excluding hydrogens is 429 g/mol. The van der Waals surface area contributed by atoms with Gasteiger partial charge in [-0.25, -0.2) is 4.39 Å². The maximum Gasteiger partial charge on any atom is 0.243 e. The first-order chi connectivity index (χ1) is 13.2. The first-order valence-corrected chi connectivity index (χ1v) is 9.39. The van der Waals surface area contributed by atoms with Crippen molar-refractivity contribution in [2.45, 2.75) is 31.8 Å². The highest BCUT2D eigenvalue weighted by Gasteiger charge is 2.25. The van der Waals surface area contributed by atoms with Crippen molar-refractivity contribution in [3.63, 3.8) is 0 Å². The third-order valence-corrected chi connectivity index (χ3v) is 4.53. The number of nitrogens with one attached hydrogen (secondary N) is 2. The van der Waals surface area contributed by atoms with Crippen LogP contribution in [-0.4, -0.2) is 29.8 Å². The molecule has 2 aromatic rings. The van der Waals surface area contributed by atoms with E-state index in [-0.39, 0.29) is 12.8 Å². The van der Waals surface area contributed by atoms with Crippen LogP contribution in [0.4, 0.5) is 4.39 Å². The van der Waals surface area contributed by atoms with Crippen LogP contribution in [0.25, 0.3) is 0 Å². The Kier molecular flexibility index (Phi) is 7.69. The number of halogens is 2. The molecule has 0 fully saturated rings. The zero-order valence-electron chi connectivity index (χ0n) is 15.2. The van der Waals surface area contributed by atoms with Crippen molar-refractivity contribution in [3.8, 4) is 0 Å². The van der Waals surface area contributed by atoms with Gasteiger partial charge in [0.05, 0.1) is 0 Å². The molecule has 8 heteroatoms. The molecule has 0 saturated heterocycles. The van der Waals surface area contributed by atoms with E-state index >= 15 is 0 Å². The van der Waals surface area contributed by atoms with Gasteiger partial charge in [0.1, 0.15) is 17.9 Å². The lowest BCUT2D eigenvalue weighted by atomic mass is 10.0. The minimum absolute atomic E-state index is 0.147. The molecule has 2 atom stereocenters. The fourth-order valence-electron chi connectivity index (χ4n) is 2.71. The van der Waals surface area contributed by atoms with Crippen molar-refractivity contribution in [1.29, 1.82) is 0 Å². The summed E-state index contributed by atoms with van der Waals surface area (Å²) in [5, 5.41) is 5.16. The third-order valence-electron chi connectivity index (χ3n) is 4.04. The van der Waals surface area contributed by atoms with E-state index in [0.29, 0.717) is 5.56 Å². The van der Waals surface area contributed by atoms with Gasteiger partial charge in [-0.15, -0.1) is 0 Å². The van der Waals surface area contributed by atoms with Crippen LogP contribution < -0.4 is 16.4 Å². The highest BCUT2D eigenvalue weighted by Crippen LogP contribution is 2.13. The van der Waals surface area contributed by atoms with Crippen LogP contribution >= 0.6 is 15.9 Å². The Morgan fingerprint density at radius 3 is 2.21 bits per heavy atom. The second-order valence-electron chi connectivity index (χ2n) is 6.38. The van der Waals surface area contributed by atoms with E-state index in [9.17, 15) is 18.8 Å². The molecule has 6 nitrogen and oxygen atoms in total. The average molecular weight is 450 g/mol. The topological polar surface area (TPSA) is 101 Å². The molecule has 0 aromatic heterocycles. The standard InChI is InChI=1S/C20H21BrFN3O3/c1-12(26)24-18(10-13-5-7-16(22)8-6-13)20(28)25-17(19(23)27)11-14-3-2-4-15(21)9-14/h2-9,17-18H,10-11H2,1H3,(H2,23,27)(H,24,26)(H,25,28)/t17-,18+/m0/s1. The number of carbonyl (C=O) groups is 3. The van der Waals surface area contributed by atoms with Gasteiger partial charge < -0.3 is 16.4 Å². The first kappa shape index (κ1) is 21.6. The van der Waals surface area contributed by atoms with E-state index in [0.717, 1.165) is 10.0 Å². The van der Waals surface area contributed by atoms with Gasteiger partial charge in [-0.1, -0.05) is 40.2 Å². The summed E-state index contributed by atoms with van der Waals surface area (Å²) in [6, 6.07) is 11.1. The van der Waals surface area contributed by atoms with Crippen molar-refractivity contribution in [1.82, 2.24) is 10.6 Å². The average Bonchev–Trinajstić information content (AvgIpc) is 2.62. The molecule has 0 bridgehead atoms. The minimum Gasteiger partial charge on any atom is -0.368 e. The number of carbonyl (C=O) groups excluding carboxylic acids is 3. The normalized spacial score (nSPS) is 12.7. The summed E-state index contributed by atoms with van der Waals surface area (Å²) in [6.45, 7) is 1.29. The minimum atomic E-state index is -0.939. The fraction of sp³-hybridized carbons (Fsp3) is 0.250. The number of rotatable bonds is 8. The highest BCUT2D eigenvalue weighted by molar-refractivity contribution is 9.10.